The van der Waals surface area contributed by atoms with E-state index in [1.807, 2.05) is 0 Å². The molecule has 3 nitrogen and oxygen atoms in total. The molecule has 1 N–H and O–H groups in total. The van der Waals surface area contributed by atoms with Crippen LogP contribution >= 0.6 is 0 Å². The lowest BCUT2D eigenvalue weighted by Crippen LogP contribution is -2.53. The monoisotopic (exact) mass is 374 g/mol. The molecule has 1 heterocycles. The summed E-state index contributed by atoms with van der Waals surface area (Å²) in [5, 5.41) is 2.54. The van der Waals surface area contributed by atoms with Crippen LogP contribution in [0.4, 0.5) is 31.1 Å². The molecule has 1 saturated heterocycles. The van der Waals surface area contributed by atoms with E-state index in [1.165, 1.54) is 6.42 Å². The summed E-state index contributed by atoms with van der Waals surface area (Å²) < 4.78 is 78.2. The molecule has 0 unspecified atom stereocenters. The van der Waals surface area contributed by atoms with Crippen LogP contribution in [0.2, 0.25) is 0 Å². The van der Waals surface area contributed by atoms with Gasteiger partial charge in [-0.15, -0.1) is 0 Å². The van der Waals surface area contributed by atoms with Gasteiger partial charge in [0.1, 0.15) is 0 Å². The summed E-state index contributed by atoms with van der Waals surface area (Å²) in [7, 11) is 0. The van der Waals surface area contributed by atoms with Crippen LogP contribution in [0.3, 0.4) is 0 Å². The van der Waals surface area contributed by atoms with Gasteiger partial charge in [0.2, 0.25) is 0 Å². The number of nitrogens with zero attached hydrogens (tertiary/aromatic N) is 1. The van der Waals surface area contributed by atoms with Crippen LogP contribution in [-0.2, 0) is 0 Å². The van der Waals surface area contributed by atoms with Crippen LogP contribution in [0.1, 0.15) is 51.4 Å². The zero-order valence-corrected chi connectivity index (χ0v) is 14.0. The van der Waals surface area contributed by atoms with Crippen molar-refractivity contribution >= 4 is 6.03 Å². The molecule has 0 aromatic rings. The summed E-state index contributed by atoms with van der Waals surface area (Å²) in [6, 6.07) is -0.836. The fourth-order valence-corrected chi connectivity index (χ4v) is 3.69. The Kier molecular flexibility index (Phi) is 6.14. The highest BCUT2D eigenvalue weighted by Gasteiger charge is 2.72. The summed E-state index contributed by atoms with van der Waals surface area (Å²) in [5.41, 5.74) is -3.82. The van der Waals surface area contributed by atoms with E-state index in [-0.39, 0.29) is 5.92 Å². The Balaban J connectivity index is 1.92. The third kappa shape index (κ3) is 4.53. The van der Waals surface area contributed by atoms with E-state index >= 15 is 0 Å². The molecular weight excluding hydrogens is 350 g/mol. The predicted molar refractivity (Wildman–Crippen MR) is 79.9 cm³/mol. The molecule has 2 aliphatic rings. The van der Waals surface area contributed by atoms with Crippen molar-refractivity contribution in [2.45, 2.75) is 63.7 Å². The van der Waals surface area contributed by atoms with Crippen LogP contribution in [0.25, 0.3) is 0 Å². The second-order valence-corrected chi connectivity index (χ2v) is 7.15. The maximum atomic E-state index is 13.0. The third-order valence-corrected chi connectivity index (χ3v) is 5.41. The molecular formula is C16H24F6N2O. The standard InChI is InChI=1S/C16H24F6N2O/c17-15(18,19)14(16(20,21)22)8-9-24(11-14)13(25)23-10-12-6-4-2-1-3-5-7-12/h12H,1-11H2,(H,23,25). The fourth-order valence-electron chi connectivity index (χ4n) is 3.69. The molecule has 1 aliphatic heterocycles. The number of likely N-dealkylation sites (tertiary alicyclic amines) is 1. The average Bonchev–Trinajstić information content (AvgIpc) is 2.91. The number of amides is 2. The molecule has 1 aliphatic carbocycles. The van der Waals surface area contributed by atoms with Crippen molar-refractivity contribution in [2.24, 2.45) is 11.3 Å². The van der Waals surface area contributed by atoms with Crippen molar-refractivity contribution < 1.29 is 31.1 Å². The fraction of sp³-hybridized carbons (Fsp3) is 0.938. The molecule has 1 saturated carbocycles. The number of halogens is 6. The van der Waals surface area contributed by atoms with Crippen molar-refractivity contribution in [1.82, 2.24) is 10.2 Å². The van der Waals surface area contributed by atoms with Crippen molar-refractivity contribution in [3.8, 4) is 0 Å². The molecule has 25 heavy (non-hydrogen) atoms. The highest BCUT2D eigenvalue weighted by molar-refractivity contribution is 5.74. The minimum absolute atomic E-state index is 0.238. The Morgan fingerprint density at radius 3 is 1.96 bits per heavy atom. The molecule has 0 spiro atoms. The van der Waals surface area contributed by atoms with Crippen molar-refractivity contribution in [3.05, 3.63) is 0 Å². The number of urea groups is 1. The number of carbonyl (C=O) groups is 1. The number of hydrogen-bond donors (Lipinski definition) is 1. The summed E-state index contributed by atoms with van der Waals surface area (Å²) in [6.07, 6.45) is -4.65. The van der Waals surface area contributed by atoms with Crippen LogP contribution < -0.4 is 5.32 Å². The van der Waals surface area contributed by atoms with Crippen LogP contribution in [0.5, 0.6) is 0 Å². The first-order valence-corrected chi connectivity index (χ1v) is 8.73. The maximum absolute atomic E-state index is 13.0. The third-order valence-electron chi connectivity index (χ3n) is 5.41. The van der Waals surface area contributed by atoms with E-state index in [0.29, 0.717) is 11.4 Å². The van der Waals surface area contributed by atoms with E-state index in [0.717, 1.165) is 38.5 Å². The predicted octanol–water partition coefficient (Wildman–Crippen LogP) is 4.87. The van der Waals surface area contributed by atoms with E-state index in [2.05, 4.69) is 5.32 Å². The van der Waals surface area contributed by atoms with Gasteiger partial charge >= 0.3 is 18.4 Å². The van der Waals surface area contributed by atoms with Gasteiger partial charge in [-0.3, -0.25) is 0 Å². The number of alkyl halides is 6. The van der Waals surface area contributed by atoms with E-state index < -0.39 is 43.3 Å². The molecule has 146 valence electrons. The van der Waals surface area contributed by atoms with Gasteiger partial charge in [0.15, 0.2) is 5.41 Å². The zero-order chi connectivity index (χ0) is 18.7. The Hall–Kier alpha value is -1.15. The van der Waals surface area contributed by atoms with Gasteiger partial charge in [-0.05, 0) is 25.2 Å². The molecule has 0 bridgehead atoms. The second kappa shape index (κ2) is 7.61. The molecule has 2 rings (SSSR count). The molecule has 0 aromatic carbocycles. The van der Waals surface area contributed by atoms with Crippen molar-refractivity contribution in [1.29, 1.82) is 0 Å². The lowest BCUT2D eigenvalue weighted by molar-refractivity contribution is -0.334. The molecule has 0 aromatic heterocycles. The van der Waals surface area contributed by atoms with Crippen LogP contribution in [0, 0.1) is 11.3 Å². The van der Waals surface area contributed by atoms with Gasteiger partial charge in [-0.2, -0.15) is 26.3 Å². The first-order chi connectivity index (χ1) is 11.6. The van der Waals surface area contributed by atoms with Crippen LogP contribution in [-0.4, -0.2) is 42.9 Å². The lowest BCUT2D eigenvalue weighted by atomic mass is 9.85. The maximum Gasteiger partial charge on any atom is 0.404 e. The second-order valence-electron chi connectivity index (χ2n) is 7.15. The van der Waals surface area contributed by atoms with Gasteiger partial charge < -0.3 is 10.2 Å². The van der Waals surface area contributed by atoms with E-state index in [4.69, 9.17) is 0 Å². The first-order valence-electron chi connectivity index (χ1n) is 8.73. The minimum Gasteiger partial charge on any atom is -0.338 e. The van der Waals surface area contributed by atoms with Gasteiger partial charge in [0, 0.05) is 19.6 Å². The summed E-state index contributed by atoms with van der Waals surface area (Å²) >= 11 is 0. The highest BCUT2D eigenvalue weighted by Crippen LogP contribution is 2.55. The van der Waals surface area contributed by atoms with Gasteiger partial charge in [0.05, 0.1) is 0 Å². The largest absolute Gasteiger partial charge is 0.404 e. The zero-order valence-electron chi connectivity index (χ0n) is 14.0. The van der Waals surface area contributed by atoms with Crippen molar-refractivity contribution in [2.75, 3.05) is 19.6 Å². The van der Waals surface area contributed by atoms with Crippen LogP contribution in [0.15, 0.2) is 0 Å². The van der Waals surface area contributed by atoms with Gasteiger partial charge in [0.25, 0.3) is 0 Å². The molecule has 2 amide bonds. The van der Waals surface area contributed by atoms with E-state index in [1.54, 1.807) is 0 Å². The Labute approximate surface area is 143 Å². The quantitative estimate of drug-likeness (QED) is 0.687. The average molecular weight is 374 g/mol. The summed E-state index contributed by atoms with van der Waals surface area (Å²) in [5.74, 6) is 0.238. The SMILES string of the molecule is O=C(NCC1CCCCCCC1)N1CCC(C(F)(F)F)(C(F)(F)F)C1. The topological polar surface area (TPSA) is 32.3 Å². The summed E-state index contributed by atoms with van der Waals surface area (Å²) in [4.78, 5) is 12.7. The molecule has 0 atom stereocenters. The van der Waals surface area contributed by atoms with Crippen molar-refractivity contribution in [3.63, 3.8) is 0 Å². The minimum atomic E-state index is -5.43. The molecule has 2 fully saturated rings. The highest BCUT2D eigenvalue weighted by atomic mass is 19.4. The smallest absolute Gasteiger partial charge is 0.338 e. The first kappa shape index (κ1) is 20.2. The lowest BCUT2D eigenvalue weighted by Gasteiger charge is -2.33. The number of nitrogens with one attached hydrogen (secondary N) is 1. The molecule has 0 radical (unpaired) electrons. The van der Waals surface area contributed by atoms with Gasteiger partial charge in [-0.1, -0.05) is 32.1 Å². The Bertz CT molecular complexity index is 441. The molecule has 9 heteroatoms. The number of carbonyl (C=O) groups excluding carboxylic acids is 1. The number of hydrogen-bond acceptors (Lipinski definition) is 1. The Morgan fingerprint density at radius 2 is 1.48 bits per heavy atom. The van der Waals surface area contributed by atoms with Gasteiger partial charge in [-0.25, -0.2) is 4.79 Å². The normalized spacial score (nSPS) is 23.2. The van der Waals surface area contributed by atoms with E-state index in [9.17, 15) is 31.1 Å². The number of rotatable bonds is 2. The summed E-state index contributed by atoms with van der Waals surface area (Å²) in [6.45, 7) is -1.60. The Morgan fingerprint density at radius 1 is 0.960 bits per heavy atom.